The smallest absolute Gasteiger partial charge is 0.0701 e. The highest BCUT2D eigenvalue weighted by molar-refractivity contribution is 5.21. The topological polar surface area (TPSA) is 27.7 Å². The Morgan fingerprint density at radius 2 is 1.33 bits per heavy atom. The molecule has 0 heterocycles. The number of hydrogen-bond donors (Lipinski definition) is 0. The highest BCUT2D eigenvalue weighted by atomic mass is 16.5. The lowest BCUT2D eigenvalue weighted by Gasteiger charge is -2.06. The van der Waals surface area contributed by atoms with Crippen LogP contribution in [0.25, 0.3) is 0 Å². The van der Waals surface area contributed by atoms with E-state index >= 15 is 0 Å². The lowest BCUT2D eigenvalue weighted by molar-refractivity contribution is 0.0175. The lowest BCUT2D eigenvalue weighted by atomic mass is 10.1. The zero-order chi connectivity index (χ0) is 13.1. The number of ether oxygens (including phenoxy) is 3. The fraction of sp³-hybridized carbons (Fsp3) is 0.600. The first-order chi connectivity index (χ1) is 8.83. The normalized spacial score (nSPS) is 10.8. The van der Waals surface area contributed by atoms with Crippen molar-refractivity contribution >= 4 is 0 Å². The molecule has 0 radical (unpaired) electrons. The Bertz CT molecular complexity index is 295. The average Bonchev–Trinajstić information content (AvgIpc) is 2.39. The maximum Gasteiger partial charge on any atom is 0.0701 e. The van der Waals surface area contributed by atoms with Gasteiger partial charge in [-0.1, -0.05) is 29.8 Å². The summed E-state index contributed by atoms with van der Waals surface area (Å²) in [6.07, 6.45) is 0.958. The van der Waals surface area contributed by atoms with Crippen LogP contribution in [0.4, 0.5) is 0 Å². The van der Waals surface area contributed by atoms with Crippen molar-refractivity contribution in [1.82, 2.24) is 0 Å². The molecule has 0 bridgehead atoms. The fourth-order valence-corrected chi connectivity index (χ4v) is 1.53. The van der Waals surface area contributed by atoms with E-state index in [1.165, 1.54) is 11.1 Å². The molecule has 102 valence electrons. The standard InChI is InChI=1S/C15H24O3/c1-3-16-10-11-18-13-12-17-9-8-15-6-4-14(2)5-7-15/h4-7H,3,8-13H2,1-2H3. The van der Waals surface area contributed by atoms with Gasteiger partial charge in [0.15, 0.2) is 0 Å². The van der Waals surface area contributed by atoms with Gasteiger partial charge in [0.1, 0.15) is 0 Å². The minimum Gasteiger partial charge on any atom is -0.379 e. The summed E-state index contributed by atoms with van der Waals surface area (Å²) in [5.74, 6) is 0. The van der Waals surface area contributed by atoms with E-state index in [-0.39, 0.29) is 0 Å². The van der Waals surface area contributed by atoms with E-state index in [4.69, 9.17) is 14.2 Å². The molecule has 0 spiro atoms. The SMILES string of the molecule is CCOCCOCCOCCc1ccc(C)cc1. The molecule has 0 saturated carbocycles. The molecule has 0 N–H and O–H groups in total. The summed E-state index contributed by atoms with van der Waals surface area (Å²) in [5, 5.41) is 0. The monoisotopic (exact) mass is 252 g/mol. The minimum atomic E-state index is 0.640. The molecular weight excluding hydrogens is 228 g/mol. The molecule has 1 aromatic carbocycles. The molecule has 0 aliphatic heterocycles. The number of benzene rings is 1. The first-order valence-corrected chi connectivity index (χ1v) is 6.61. The van der Waals surface area contributed by atoms with Gasteiger partial charge >= 0.3 is 0 Å². The molecule has 1 rings (SSSR count). The summed E-state index contributed by atoms with van der Waals surface area (Å²) >= 11 is 0. The molecule has 0 unspecified atom stereocenters. The second kappa shape index (κ2) is 10.1. The Labute approximate surface area is 110 Å². The van der Waals surface area contributed by atoms with Crippen molar-refractivity contribution in [2.45, 2.75) is 20.3 Å². The third-order valence-electron chi connectivity index (χ3n) is 2.60. The van der Waals surface area contributed by atoms with Crippen molar-refractivity contribution in [3.05, 3.63) is 35.4 Å². The number of hydrogen-bond acceptors (Lipinski definition) is 3. The zero-order valence-corrected chi connectivity index (χ0v) is 11.5. The van der Waals surface area contributed by atoms with Crippen molar-refractivity contribution in [3.63, 3.8) is 0 Å². The molecule has 3 nitrogen and oxygen atoms in total. The second-order valence-electron chi connectivity index (χ2n) is 4.16. The molecule has 0 aliphatic rings. The first-order valence-electron chi connectivity index (χ1n) is 6.61. The van der Waals surface area contributed by atoms with Crippen molar-refractivity contribution in [3.8, 4) is 0 Å². The van der Waals surface area contributed by atoms with E-state index in [0.29, 0.717) is 26.4 Å². The Morgan fingerprint density at radius 1 is 0.778 bits per heavy atom. The molecule has 0 atom stereocenters. The van der Waals surface area contributed by atoms with Crippen LogP contribution in [-0.4, -0.2) is 39.6 Å². The van der Waals surface area contributed by atoms with Gasteiger partial charge in [-0.2, -0.15) is 0 Å². The summed E-state index contributed by atoms with van der Waals surface area (Å²) in [7, 11) is 0. The third kappa shape index (κ3) is 7.43. The van der Waals surface area contributed by atoms with Crippen LogP contribution in [0.1, 0.15) is 18.1 Å². The lowest BCUT2D eigenvalue weighted by Crippen LogP contribution is -2.10. The van der Waals surface area contributed by atoms with Crippen molar-refractivity contribution in [2.75, 3.05) is 39.6 Å². The van der Waals surface area contributed by atoms with Gasteiger partial charge < -0.3 is 14.2 Å². The molecule has 0 aromatic heterocycles. The maximum absolute atomic E-state index is 5.51. The summed E-state index contributed by atoms with van der Waals surface area (Å²) in [6, 6.07) is 8.56. The first kappa shape index (κ1) is 15.2. The molecule has 0 fully saturated rings. The molecule has 0 aliphatic carbocycles. The van der Waals surface area contributed by atoms with Gasteiger partial charge in [0.05, 0.1) is 33.0 Å². The second-order valence-corrected chi connectivity index (χ2v) is 4.16. The predicted molar refractivity (Wildman–Crippen MR) is 73.0 cm³/mol. The van der Waals surface area contributed by atoms with E-state index in [1.54, 1.807) is 0 Å². The van der Waals surface area contributed by atoms with E-state index in [9.17, 15) is 0 Å². The van der Waals surface area contributed by atoms with Crippen LogP contribution in [0.15, 0.2) is 24.3 Å². The van der Waals surface area contributed by atoms with Gasteiger partial charge in [0.2, 0.25) is 0 Å². The zero-order valence-electron chi connectivity index (χ0n) is 11.5. The highest BCUT2D eigenvalue weighted by Crippen LogP contribution is 2.03. The van der Waals surface area contributed by atoms with Crippen molar-refractivity contribution in [1.29, 1.82) is 0 Å². The summed E-state index contributed by atoms with van der Waals surface area (Å²) in [4.78, 5) is 0. The maximum atomic E-state index is 5.51. The van der Waals surface area contributed by atoms with Crippen LogP contribution in [0.2, 0.25) is 0 Å². The Morgan fingerprint density at radius 3 is 1.94 bits per heavy atom. The molecule has 3 heteroatoms. The molecule has 18 heavy (non-hydrogen) atoms. The van der Waals surface area contributed by atoms with Crippen LogP contribution < -0.4 is 0 Å². The summed E-state index contributed by atoms with van der Waals surface area (Å²) in [5.41, 5.74) is 2.61. The largest absolute Gasteiger partial charge is 0.379 e. The van der Waals surface area contributed by atoms with Gasteiger partial charge in [0.25, 0.3) is 0 Å². The predicted octanol–water partition coefficient (Wildman–Crippen LogP) is 2.61. The van der Waals surface area contributed by atoms with Crippen molar-refractivity contribution < 1.29 is 14.2 Å². The average molecular weight is 252 g/mol. The summed E-state index contributed by atoms with van der Waals surface area (Å²) < 4.78 is 16.0. The van der Waals surface area contributed by atoms with Crippen LogP contribution >= 0.6 is 0 Å². The Hall–Kier alpha value is -0.900. The van der Waals surface area contributed by atoms with Crippen LogP contribution in [-0.2, 0) is 20.6 Å². The van der Waals surface area contributed by atoms with E-state index < -0.39 is 0 Å². The third-order valence-corrected chi connectivity index (χ3v) is 2.60. The van der Waals surface area contributed by atoms with Crippen LogP contribution in [0.3, 0.4) is 0 Å². The van der Waals surface area contributed by atoms with Crippen LogP contribution in [0.5, 0.6) is 0 Å². The molecule has 0 amide bonds. The van der Waals surface area contributed by atoms with Crippen molar-refractivity contribution in [2.24, 2.45) is 0 Å². The van der Waals surface area contributed by atoms with E-state index in [0.717, 1.165) is 19.6 Å². The van der Waals surface area contributed by atoms with E-state index in [1.807, 2.05) is 6.92 Å². The van der Waals surface area contributed by atoms with Crippen LogP contribution in [0, 0.1) is 6.92 Å². The molecule has 1 aromatic rings. The van der Waals surface area contributed by atoms with Gasteiger partial charge in [-0.25, -0.2) is 0 Å². The number of rotatable bonds is 10. The van der Waals surface area contributed by atoms with Gasteiger partial charge in [-0.3, -0.25) is 0 Å². The van der Waals surface area contributed by atoms with Gasteiger partial charge in [-0.15, -0.1) is 0 Å². The number of aryl methyl sites for hydroxylation is 1. The quantitative estimate of drug-likeness (QED) is 0.599. The molecule has 0 saturated heterocycles. The van der Waals surface area contributed by atoms with Gasteiger partial charge in [-0.05, 0) is 25.8 Å². The van der Waals surface area contributed by atoms with E-state index in [2.05, 4.69) is 31.2 Å². The molecular formula is C15H24O3. The Kier molecular flexibility index (Phi) is 8.47. The fourth-order valence-electron chi connectivity index (χ4n) is 1.53. The Balaban J connectivity index is 1.91. The summed E-state index contributed by atoms with van der Waals surface area (Å²) in [6.45, 7) is 8.18. The highest BCUT2D eigenvalue weighted by Gasteiger charge is 1.94. The minimum absolute atomic E-state index is 0.640. The van der Waals surface area contributed by atoms with Gasteiger partial charge in [0, 0.05) is 6.61 Å².